The van der Waals surface area contributed by atoms with E-state index in [1.807, 2.05) is 49.9 Å². The van der Waals surface area contributed by atoms with Gasteiger partial charge in [-0.05, 0) is 39.0 Å². The molecule has 1 saturated heterocycles. The highest BCUT2D eigenvalue weighted by Gasteiger charge is 2.20. The number of benzene rings is 1. The van der Waals surface area contributed by atoms with Crippen molar-refractivity contribution in [3.63, 3.8) is 0 Å². The van der Waals surface area contributed by atoms with E-state index in [0.29, 0.717) is 24.9 Å². The Bertz CT molecular complexity index is 931. The van der Waals surface area contributed by atoms with Gasteiger partial charge < -0.3 is 26.2 Å². The maximum absolute atomic E-state index is 11.7. The minimum Gasteiger partial charge on any atom is -0.368 e. The summed E-state index contributed by atoms with van der Waals surface area (Å²) in [5, 5.41) is 6.40. The first kappa shape index (κ1) is 21.4. The molecule has 4 N–H and O–H groups in total. The number of carbonyl (C=O) groups excluding carboxylic acids is 2. The molecule has 1 aliphatic rings. The van der Waals surface area contributed by atoms with Crippen molar-refractivity contribution < 1.29 is 9.59 Å². The largest absolute Gasteiger partial charge is 0.368 e. The van der Waals surface area contributed by atoms with Crippen LogP contribution in [0.5, 0.6) is 0 Å². The van der Waals surface area contributed by atoms with E-state index in [2.05, 4.69) is 25.5 Å². The Balaban J connectivity index is 1.77. The third kappa shape index (κ3) is 5.37. The third-order valence-corrected chi connectivity index (χ3v) is 4.74. The van der Waals surface area contributed by atoms with E-state index in [-0.39, 0.29) is 17.0 Å². The number of primary amides is 1. The molecule has 1 aliphatic heterocycles. The Hall–Kier alpha value is -3.36. The van der Waals surface area contributed by atoms with Crippen molar-refractivity contribution in [1.82, 2.24) is 14.9 Å². The Morgan fingerprint density at radius 1 is 1.13 bits per heavy atom. The van der Waals surface area contributed by atoms with Gasteiger partial charge in [0.05, 0.1) is 5.56 Å². The molecule has 0 aliphatic carbocycles. The first-order valence-corrected chi connectivity index (χ1v) is 9.95. The predicted octanol–water partition coefficient (Wildman–Crippen LogP) is 2.20. The van der Waals surface area contributed by atoms with Crippen LogP contribution in [0.3, 0.4) is 0 Å². The lowest BCUT2D eigenvalue weighted by Gasteiger charge is -2.35. The molecule has 9 heteroatoms. The lowest BCUT2D eigenvalue weighted by Crippen LogP contribution is -2.48. The Morgan fingerprint density at radius 2 is 1.83 bits per heavy atom. The summed E-state index contributed by atoms with van der Waals surface area (Å²) < 4.78 is 0. The second kappa shape index (κ2) is 8.56. The summed E-state index contributed by atoms with van der Waals surface area (Å²) in [7, 11) is 0. The quantitative estimate of drug-likeness (QED) is 0.690. The van der Waals surface area contributed by atoms with Gasteiger partial charge in [0.2, 0.25) is 11.9 Å². The topological polar surface area (TPSA) is 116 Å². The van der Waals surface area contributed by atoms with E-state index < -0.39 is 5.91 Å². The minimum absolute atomic E-state index is 0.112. The number of amides is 2. The Morgan fingerprint density at radius 3 is 2.43 bits per heavy atom. The number of rotatable bonds is 5. The molecule has 1 aromatic heterocycles. The zero-order valence-corrected chi connectivity index (χ0v) is 17.9. The number of carbonyl (C=O) groups is 2. The molecule has 0 unspecified atom stereocenters. The van der Waals surface area contributed by atoms with Gasteiger partial charge in [0.15, 0.2) is 0 Å². The van der Waals surface area contributed by atoms with Crippen molar-refractivity contribution in [2.24, 2.45) is 5.73 Å². The molecular formula is C21H29N7O2. The van der Waals surface area contributed by atoms with Crippen LogP contribution in [0.4, 0.5) is 23.1 Å². The van der Waals surface area contributed by atoms with Crippen molar-refractivity contribution in [2.75, 3.05) is 41.7 Å². The van der Waals surface area contributed by atoms with Crippen molar-refractivity contribution in [1.29, 1.82) is 0 Å². The smallest absolute Gasteiger partial charge is 0.254 e. The number of nitrogens with one attached hydrogen (secondary N) is 2. The molecule has 0 atom stereocenters. The first-order chi connectivity index (χ1) is 14.1. The van der Waals surface area contributed by atoms with E-state index in [0.717, 1.165) is 24.5 Å². The standard InChI is InChI=1S/C21H29N7O2/c1-14(29)27-8-10-28(11-9-27)16-7-5-6-15(12-16)24-20-23-13-17(18(22)30)19(25-20)26-21(2,3)4/h5-7,12-13H,8-11H2,1-4H3,(H2,22,30)(H2,23,24,25,26). The van der Waals surface area contributed by atoms with Crippen LogP contribution in [-0.4, -0.2) is 58.4 Å². The average molecular weight is 412 g/mol. The number of aromatic nitrogens is 2. The maximum atomic E-state index is 11.7. The van der Waals surface area contributed by atoms with E-state index in [1.165, 1.54) is 6.20 Å². The van der Waals surface area contributed by atoms with Gasteiger partial charge in [-0.2, -0.15) is 4.98 Å². The highest BCUT2D eigenvalue weighted by atomic mass is 16.2. The molecule has 3 rings (SSSR count). The van der Waals surface area contributed by atoms with Gasteiger partial charge >= 0.3 is 0 Å². The fourth-order valence-electron chi connectivity index (χ4n) is 3.26. The summed E-state index contributed by atoms with van der Waals surface area (Å²) >= 11 is 0. The highest BCUT2D eigenvalue weighted by molar-refractivity contribution is 5.97. The molecule has 0 bridgehead atoms. The van der Waals surface area contributed by atoms with Crippen molar-refractivity contribution in [3.8, 4) is 0 Å². The third-order valence-electron chi connectivity index (χ3n) is 4.74. The number of nitrogens with two attached hydrogens (primary N) is 1. The highest BCUT2D eigenvalue weighted by Crippen LogP contribution is 2.24. The van der Waals surface area contributed by atoms with Gasteiger partial charge in [0, 0.05) is 56.2 Å². The van der Waals surface area contributed by atoms with Gasteiger partial charge in [-0.25, -0.2) is 4.98 Å². The number of piperazine rings is 1. The number of anilines is 4. The Labute approximate surface area is 176 Å². The van der Waals surface area contributed by atoms with Crippen LogP contribution in [0, 0.1) is 0 Å². The molecule has 1 aromatic carbocycles. The molecule has 0 saturated carbocycles. The monoisotopic (exact) mass is 411 g/mol. The fourth-order valence-corrected chi connectivity index (χ4v) is 3.26. The van der Waals surface area contributed by atoms with Gasteiger partial charge in [0.25, 0.3) is 5.91 Å². The summed E-state index contributed by atoms with van der Waals surface area (Å²) in [6.07, 6.45) is 1.43. The van der Waals surface area contributed by atoms with Gasteiger partial charge in [-0.3, -0.25) is 9.59 Å². The zero-order valence-electron chi connectivity index (χ0n) is 17.9. The van der Waals surface area contributed by atoms with Crippen molar-refractivity contribution in [3.05, 3.63) is 36.0 Å². The summed E-state index contributed by atoms with van der Waals surface area (Å²) in [6, 6.07) is 7.95. The molecule has 1 fully saturated rings. The molecule has 2 amide bonds. The molecule has 9 nitrogen and oxygen atoms in total. The van der Waals surface area contributed by atoms with Crippen LogP contribution in [0.1, 0.15) is 38.1 Å². The molecule has 30 heavy (non-hydrogen) atoms. The summed E-state index contributed by atoms with van der Waals surface area (Å²) in [5.41, 5.74) is 7.30. The number of hydrogen-bond acceptors (Lipinski definition) is 7. The van der Waals surface area contributed by atoms with Crippen molar-refractivity contribution in [2.45, 2.75) is 33.2 Å². The Kier molecular flexibility index (Phi) is 6.09. The molecule has 0 spiro atoms. The lowest BCUT2D eigenvalue weighted by molar-refractivity contribution is -0.129. The van der Waals surface area contributed by atoms with E-state index in [4.69, 9.17) is 5.73 Å². The van der Waals surface area contributed by atoms with Gasteiger partial charge in [-0.15, -0.1) is 0 Å². The second-order valence-corrected chi connectivity index (χ2v) is 8.36. The average Bonchev–Trinajstić information content (AvgIpc) is 2.67. The molecule has 2 aromatic rings. The number of hydrogen-bond donors (Lipinski definition) is 3. The molecular weight excluding hydrogens is 382 g/mol. The van der Waals surface area contributed by atoms with Crippen LogP contribution in [0.25, 0.3) is 0 Å². The lowest BCUT2D eigenvalue weighted by atomic mass is 10.1. The van der Waals surface area contributed by atoms with Crippen LogP contribution < -0.4 is 21.3 Å². The minimum atomic E-state index is -0.583. The van der Waals surface area contributed by atoms with Crippen LogP contribution in [0.15, 0.2) is 30.5 Å². The van der Waals surface area contributed by atoms with Crippen LogP contribution in [0.2, 0.25) is 0 Å². The van der Waals surface area contributed by atoms with E-state index >= 15 is 0 Å². The van der Waals surface area contributed by atoms with Crippen LogP contribution in [-0.2, 0) is 4.79 Å². The number of nitrogens with zero attached hydrogens (tertiary/aromatic N) is 4. The maximum Gasteiger partial charge on any atom is 0.254 e. The summed E-state index contributed by atoms with van der Waals surface area (Å²) in [4.78, 5) is 36.0. The van der Waals surface area contributed by atoms with Crippen molar-refractivity contribution >= 4 is 35.0 Å². The van der Waals surface area contributed by atoms with E-state index in [9.17, 15) is 9.59 Å². The molecule has 0 radical (unpaired) electrons. The van der Waals surface area contributed by atoms with Crippen LogP contribution >= 0.6 is 0 Å². The predicted molar refractivity (Wildman–Crippen MR) is 118 cm³/mol. The van der Waals surface area contributed by atoms with E-state index in [1.54, 1.807) is 6.92 Å². The SMILES string of the molecule is CC(=O)N1CCN(c2cccc(Nc3ncc(C(N)=O)c(NC(C)(C)C)n3)c2)CC1. The zero-order chi connectivity index (χ0) is 21.9. The second-order valence-electron chi connectivity index (χ2n) is 8.36. The molecule has 160 valence electrons. The van der Waals surface area contributed by atoms with Gasteiger partial charge in [-0.1, -0.05) is 6.07 Å². The molecule has 2 heterocycles. The first-order valence-electron chi connectivity index (χ1n) is 9.95. The van der Waals surface area contributed by atoms with Gasteiger partial charge in [0.1, 0.15) is 5.82 Å². The summed E-state index contributed by atoms with van der Waals surface area (Å²) in [6.45, 7) is 10.5. The normalized spacial score (nSPS) is 14.4. The summed E-state index contributed by atoms with van der Waals surface area (Å²) in [5.74, 6) is 0.288. The fraction of sp³-hybridized carbons (Fsp3) is 0.429.